The van der Waals surface area contributed by atoms with Crippen molar-refractivity contribution in [3.05, 3.63) is 20.7 Å². The van der Waals surface area contributed by atoms with Gasteiger partial charge in [0.15, 0.2) is 0 Å². The van der Waals surface area contributed by atoms with Crippen LogP contribution >= 0.6 is 0 Å². The molecule has 5 nitrogen and oxygen atoms in total. The summed E-state index contributed by atoms with van der Waals surface area (Å²) in [5, 5.41) is 6.53. The predicted octanol–water partition coefficient (Wildman–Crippen LogP) is -2.17. The molecule has 1 aromatic heterocycles. The molecule has 0 amide bonds. The minimum atomic E-state index is -0.697. The Morgan fingerprint density at radius 2 is 1.88 bits per heavy atom. The maximum atomic E-state index is 10.0. The summed E-state index contributed by atoms with van der Waals surface area (Å²) in [7, 11) is 0. The molecule has 8 heavy (non-hydrogen) atoms. The Hall–Kier alpha value is -1.39. The van der Waals surface area contributed by atoms with Gasteiger partial charge in [0.05, 0.1) is 0 Å². The van der Waals surface area contributed by atoms with Crippen molar-refractivity contribution in [3.63, 3.8) is 0 Å². The van der Waals surface area contributed by atoms with Crippen molar-refractivity contribution < 1.29 is 0 Å². The lowest BCUT2D eigenvalue weighted by Gasteiger charge is -1.78. The molecule has 1 aromatic rings. The Labute approximate surface area is 43.5 Å². The van der Waals surface area contributed by atoms with Crippen LogP contribution in [0.25, 0.3) is 0 Å². The summed E-state index contributed by atoms with van der Waals surface area (Å²) in [6.45, 7) is 0. The van der Waals surface area contributed by atoms with Crippen molar-refractivity contribution in [1.29, 1.82) is 5.41 Å². The molecule has 0 saturated heterocycles. The first-order valence-corrected chi connectivity index (χ1v) is 1.87. The number of hydrogen-bond donors (Lipinski definition) is 2. The molecule has 0 aliphatic heterocycles. The van der Waals surface area contributed by atoms with Gasteiger partial charge >= 0.3 is 11.1 Å². The van der Waals surface area contributed by atoms with Gasteiger partial charge < -0.3 is 5.73 Å². The van der Waals surface area contributed by atoms with E-state index >= 15 is 0 Å². The first-order chi connectivity index (χ1) is 3.64. The van der Waals surface area contributed by atoms with Crippen LogP contribution in [0.5, 0.6) is 0 Å². The Balaban J connectivity index is 3.16. The van der Waals surface area contributed by atoms with E-state index in [0.29, 0.717) is 4.57 Å². The maximum absolute atomic E-state index is 10.0. The van der Waals surface area contributed by atoms with E-state index in [9.17, 15) is 9.59 Å². The van der Waals surface area contributed by atoms with E-state index < -0.39 is 17.1 Å². The van der Waals surface area contributed by atoms with Gasteiger partial charge in [0.25, 0.3) is 0 Å². The van der Waals surface area contributed by atoms with Crippen LogP contribution in [0.4, 0.5) is 0 Å². The number of nitrogens with zero attached hydrogens (tertiary/aromatic N) is 1. The second kappa shape index (κ2) is 1.06. The minimum absolute atomic E-state index is 0.500. The van der Waals surface area contributed by atoms with E-state index in [4.69, 9.17) is 11.1 Å². The van der Waals surface area contributed by atoms with Gasteiger partial charge in [-0.15, -0.1) is 0 Å². The molecule has 3 N–H and O–H groups in total. The standard InChI is InChI=1S/C3H3N3O2/c4-3(5)6-1(7)2(6)8/h(H3,4,5). The molecule has 0 fully saturated rings. The molecular formula is C3H3N3O2. The van der Waals surface area contributed by atoms with Crippen molar-refractivity contribution in [1.82, 2.24) is 4.57 Å². The largest absolute Gasteiger partial charge is 0.369 e. The van der Waals surface area contributed by atoms with Crippen LogP contribution in [0.1, 0.15) is 0 Å². The molecule has 1 heterocycles. The zero-order valence-corrected chi connectivity index (χ0v) is 3.84. The maximum Gasteiger partial charge on any atom is 0.327 e. The molecule has 0 atom stereocenters. The predicted molar refractivity (Wildman–Crippen MR) is 26.7 cm³/mol. The molecule has 0 unspecified atom stereocenters. The number of hydrogen-bond acceptors (Lipinski definition) is 3. The molecule has 0 aliphatic rings. The number of nitrogen functional groups attached to an aromatic ring is 1. The summed E-state index contributed by atoms with van der Waals surface area (Å²) in [6, 6.07) is 0. The van der Waals surface area contributed by atoms with Crippen LogP contribution in [0, 0.1) is 5.41 Å². The molecule has 0 aliphatic carbocycles. The van der Waals surface area contributed by atoms with Crippen molar-refractivity contribution >= 4 is 5.96 Å². The molecule has 0 spiro atoms. The van der Waals surface area contributed by atoms with E-state index in [1.165, 1.54) is 0 Å². The lowest BCUT2D eigenvalue weighted by Crippen LogP contribution is -2.19. The van der Waals surface area contributed by atoms with Crippen LogP contribution < -0.4 is 16.9 Å². The Bertz CT molecular complexity index is 265. The monoisotopic (exact) mass is 113 g/mol. The van der Waals surface area contributed by atoms with E-state index in [0.717, 1.165) is 0 Å². The second-order valence-electron chi connectivity index (χ2n) is 1.33. The highest BCUT2D eigenvalue weighted by Crippen LogP contribution is 1.60. The van der Waals surface area contributed by atoms with Gasteiger partial charge in [-0.2, -0.15) is 0 Å². The minimum Gasteiger partial charge on any atom is -0.369 e. The molecule has 0 radical (unpaired) electrons. The van der Waals surface area contributed by atoms with Gasteiger partial charge in [-0.05, 0) is 0 Å². The summed E-state index contributed by atoms with van der Waals surface area (Å²) in [4.78, 5) is 20.0. The quantitative estimate of drug-likeness (QED) is 0.228. The average molecular weight is 113 g/mol. The van der Waals surface area contributed by atoms with Gasteiger partial charge in [0.2, 0.25) is 5.96 Å². The zero-order valence-electron chi connectivity index (χ0n) is 3.84. The van der Waals surface area contributed by atoms with E-state index in [2.05, 4.69) is 0 Å². The lowest BCUT2D eigenvalue weighted by molar-refractivity contribution is 1.18. The SMILES string of the molecule is N=C(N)n1c(=O)c1=O. The number of aromatic nitrogens is 1. The first-order valence-electron chi connectivity index (χ1n) is 1.87. The van der Waals surface area contributed by atoms with Gasteiger partial charge in [0, 0.05) is 0 Å². The van der Waals surface area contributed by atoms with E-state index in [-0.39, 0.29) is 0 Å². The van der Waals surface area contributed by atoms with Crippen LogP contribution in [-0.4, -0.2) is 10.5 Å². The van der Waals surface area contributed by atoms with Crippen LogP contribution in [-0.2, 0) is 0 Å². The van der Waals surface area contributed by atoms with Crippen LogP contribution in [0.15, 0.2) is 9.59 Å². The fourth-order valence-electron chi connectivity index (χ4n) is 0.354. The first kappa shape index (κ1) is 4.76. The highest BCUT2D eigenvalue weighted by atomic mass is 16.2. The second-order valence-corrected chi connectivity index (χ2v) is 1.33. The van der Waals surface area contributed by atoms with Crippen molar-refractivity contribution in [2.75, 3.05) is 0 Å². The number of rotatable bonds is 0. The topological polar surface area (TPSA) is 88.9 Å². The fraction of sp³-hybridized carbons (Fsp3) is 0. The van der Waals surface area contributed by atoms with E-state index in [1.807, 2.05) is 0 Å². The molecule has 1 rings (SSSR count). The van der Waals surface area contributed by atoms with Crippen LogP contribution in [0.2, 0.25) is 0 Å². The molecule has 0 aromatic carbocycles. The van der Waals surface area contributed by atoms with Gasteiger partial charge in [-0.3, -0.25) is 15.0 Å². The number of nitrogens with two attached hydrogens (primary N) is 1. The van der Waals surface area contributed by atoms with Gasteiger partial charge in [0.1, 0.15) is 0 Å². The highest BCUT2D eigenvalue weighted by Gasteiger charge is 2.17. The van der Waals surface area contributed by atoms with E-state index in [1.54, 1.807) is 0 Å². The van der Waals surface area contributed by atoms with Crippen LogP contribution in [0.3, 0.4) is 0 Å². The molecule has 42 valence electrons. The molecule has 0 saturated carbocycles. The fourth-order valence-corrected chi connectivity index (χ4v) is 0.354. The summed E-state index contributed by atoms with van der Waals surface area (Å²) in [6.07, 6.45) is 0. The lowest BCUT2D eigenvalue weighted by atomic mass is 11.0. The van der Waals surface area contributed by atoms with Crippen molar-refractivity contribution in [2.24, 2.45) is 5.73 Å². The summed E-state index contributed by atoms with van der Waals surface area (Å²) >= 11 is 0. The smallest absolute Gasteiger partial charge is 0.327 e. The van der Waals surface area contributed by atoms with Gasteiger partial charge in [-0.25, -0.2) is 4.57 Å². The Kier molecular flexibility index (Phi) is 0.630. The summed E-state index contributed by atoms with van der Waals surface area (Å²) in [5.41, 5.74) is 3.35. The number of nitrogens with one attached hydrogen (secondary N) is 1. The zero-order chi connectivity index (χ0) is 6.31. The molecular weight excluding hydrogens is 110 g/mol. The highest BCUT2D eigenvalue weighted by molar-refractivity contribution is 5.78. The Morgan fingerprint density at radius 3 is 1.88 bits per heavy atom. The average Bonchev–Trinajstić information content (AvgIpc) is 2.15. The van der Waals surface area contributed by atoms with Gasteiger partial charge in [-0.1, -0.05) is 0 Å². The molecule has 0 bridgehead atoms. The third-order valence-electron chi connectivity index (χ3n) is 0.780. The summed E-state index contributed by atoms with van der Waals surface area (Å²) in [5.74, 6) is -0.500. The summed E-state index contributed by atoms with van der Waals surface area (Å²) < 4.78 is 0.583. The Morgan fingerprint density at radius 1 is 1.50 bits per heavy atom. The molecule has 5 heteroatoms. The van der Waals surface area contributed by atoms with Crippen molar-refractivity contribution in [3.8, 4) is 0 Å². The third-order valence-corrected chi connectivity index (χ3v) is 0.780. The normalized spacial score (nSPS) is 10.0. The third kappa shape index (κ3) is 0.378. The van der Waals surface area contributed by atoms with Crippen molar-refractivity contribution in [2.45, 2.75) is 0 Å².